The number of imide groups is 1. The van der Waals surface area contributed by atoms with Crippen LogP contribution in [0, 0.1) is 0 Å². The minimum Gasteiger partial charge on any atom is -0.298 e. The van der Waals surface area contributed by atoms with Crippen LogP contribution >= 0.6 is 23.1 Å². The summed E-state index contributed by atoms with van der Waals surface area (Å²) in [6.07, 6.45) is 4.58. The topological polar surface area (TPSA) is 88.2 Å². The maximum atomic E-state index is 11.9. The summed E-state index contributed by atoms with van der Waals surface area (Å²) in [6, 6.07) is 8.40. The lowest BCUT2D eigenvalue weighted by Crippen LogP contribution is -2.18. The van der Waals surface area contributed by atoms with Crippen molar-refractivity contribution in [2.24, 2.45) is 0 Å². The van der Waals surface area contributed by atoms with Crippen LogP contribution in [0.25, 0.3) is 0 Å². The van der Waals surface area contributed by atoms with Gasteiger partial charge in [-0.05, 0) is 29.3 Å². The fourth-order valence-corrected chi connectivity index (χ4v) is 3.73. The molecule has 2 N–H and O–H groups in total. The molecule has 2 heterocycles. The van der Waals surface area contributed by atoms with E-state index < -0.39 is 17.1 Å². The molecule has 3 rings (SSSR count). The van der Waals surface area contributed by atoms with Crippen molar-refractivity contribution in [3.63, 3.8) is 0 Å². The van der Waals surface area contributed by atoms with Crippen molar-refractivity contribution in [3.05, 3.63) is 57.4 Å². The van der Waals surface area contributed by atoms with Crippen molar-refractivity contribution < 1.29 is 14.4 Å². The fourth-order valence-electron chi connectivity index (χ4n) is 2.22. The highest BCUT2D eigenvalue weighted by Gasteiger charge is 2.26. The summed E-state index contributed by atoms with van der Waals surface area (Å²) in [5, 5.41) is 4.69. The summed E-state index contributed by atoms with van der Waals surface area (Å²) in [5.74, 6) is -1.04. The second-order valence-corrected chi connectivity index (χ2v) is 7.45. The fraction of sp³-hybridized carbons (Fsp3) is 0.176. The van der Waals surface area contributed by atoms with Crippen LogP contribution in [0.3, 0.4) is 0 Å². The molecule has 6 nitrogen and oxygen atoms in total. The molecule has 1 aromatic heterocycles. The molecule has 0 saturated carbocycles. The van der Waals surface area contributed by atoms with Crippen LogP contribution in [0.15, 0.2) is 41.4 Å². The van der Waals surface area contributed by atoms with Gasteiger partial charge < -0.3 is 0 Å². The average molecular weight is 373 g/mol. The predicted octanol–water partition coefficient (Wildman–Crippen LogP) is 3.10. The Morgan fingerprint density at radius 3 is 2.60 bits per heavy atom. The Hall–Kier alpha value is -2.45. The molecule has 0 aliphatic carbocycles. The molecule has 3 amide bonds. The molecule has 8 heteroatoms. The van der Waals surface area contributed by atoms with E-state index in [-0.39, 0.29) is 4.91 Å². The Labute approximate surface area is 152 Å². The first-order valence-corrected chi connectivity index (χ1v) is 9.25. The number of thiazole rings is 1. The van der Waals surface area contributed by atoms with Crippen LogP contribution in [-0.2, 0) is 22.4 Å². The van der Waals surface area contributed by atoms with Gasteiger partial charge in [-0.25, -0.2) is 4.98 Å². The van der Waals surface area contributed by atoms with Gasteiger partial charge in [0.2, 0.25) is 0 Å². The van der Waals surface area contributed by atoms with Gasteiger partial charge in [-0.1, -0.05) is 31.2 Å². The third-order valence-electron chi connectivity index (χ3n) is 3.50. The van der Waals surface area contributed by atoms with E-state index in [1.54, 1.807) is 6.20 Å². The van der Waals surface area contributed by atoms with E-state index in [4.69, 9.17) is 0 Å². The molecular formula is C17H15N3O3S2. The number of anilines is 1. The zero-order valence-corrected chi connectivity index (χ0v) is 15.0. The van der Waals surface area contributed by atoms with E-state index in [0.717, 1.165) is 23.8 Å². The number of nitrogens with one attached hydrogen (secondary N) is 2. The number of hydrogen-bond acceptors (Lipinski definition) is 6. The van der Waals surface area contributed by atoms with Crippen LogP contribution < -0.4 is 10.6 Å². The van der Waals surface area contributed by atoms with Crippen LogP contribution in [0.2, 0.25) is 0 Å². The zero-order chi connectivity index (χ0) is 17.8. The normalized spacial score (nSPS) is 15.5. The number of amides is 3. The number of rotatable bonds is 5. The smallest absolute Gasteiger partial charge is 0.290 e. The molecule has 0 atom stereocenters. The molecular weight excluding hydrogens is 358 g/mol. The second kappa shape index (κ2) is 7.62. The molecule has 1 aliphatic heterocycles. The number of nitrogens with zero attached hydrogens (tertiary/aromatic N) is 1. The van der Waals surface area contributed by atoms with Crippen molar-refractivity contribution in [2.75, 3.05) is 5.32 Å². The molecule has 0 bridgehead atoms. The quantitative estimate of drug-likeness (QED) is 0.786. The standard InChI is InChI=1S/C17H15N3O3S2/c1-2-10-3-5-11(6-4-10)7-12-9-18-16(24-12)19-14(21)8-13-15(22)20-17(23)25-13/h3-6,8-9H,2,7H2,1H3,(H,18,19,21)(H,20,22,23)/b13-8+. The third-order valence-corrected chi connectivity index (χ3v) is 5.22. The second-order valence-electron chi connectivity index (χ2n) is 5.32. The molecule has 1 saturated heterocycles. The van der Waals surface area contributed by atoms with E-state index in [2.05, 4.69) is 46.8 Å². The van der Waals surface area contributed by atoms with E-state index in [1.165, 1.54) is 22.5 Å². The zero-order valence-electron chi connectivity index (χ0n) is 13.4. The molecule has 0 radical (unpaired) electrons. The third kappa shape index (κ3) is 4.55. The van der Waals surface area contributed by atoms with Crippen LogP contribution in [-0.4, -0.2) is 22.0 Å². The monoisotopic (exact) mass is 373 g/mol. The Morgan fingerprint density at radius 2 is 1.96 bits per heavy atom. The maximum Gasteiger partial charge on any atom is 0.290 e. The van der Waals surface area contributed by atoms with Gasteiger partial charge in [0.25, 0.3) is 17.1 Å². The molecule has 1 fully saturated rings. The van der Waals surface area contributed by atoms with Gasteiger partial charge in [0.05, 0.1) is 4.91 Å². The summed E-state index contributed by atoms with van der Waals surface area (Å²) in [6.45, 7) is 2.12. The molecule has 1 aromatic carbocycles. The van der Waals surface area contributed by atoms with Gasteiger partial charge in [-0.2, -0.15) is 0 Å². The van der Waals surface area contributed by atoms with Crippen molar-refractivity contribution in [1.82, 2.24) is 10.3 Å². The van der Waals surface area contributed by atoms with Gasteiger partial charge in [0.15, 0.2) is 5.13 Å². The first kappa shape index (κ1) is 17.4. The van der Waals surface area contributed by atoms with Crippen LogP contribution in [0.5, 0.6) is 0 Å². The summed E-state index contributed by atoms with van der Waals surface area (Å²) < 4.78 is 0. The number of thioether (sulfide) groups is 1. The SMILES string of the molecule is CCc1ccc(Cc2cnc(NC(=O)/C=C3/SC(=O)NC3=O)s2)cc1. The summed E-state index contributed by atoms with van der Waals surface area (Å²) >= 11 is 2.08. The van der Waals surface area contributed by atoms with Gasteiger partial charge in [0.1, 0.15) is 0 Å². The van der Waals surface area contributed by atoms with Crippen molar-refractivity contribution in [2.45, 2.75) is 19.8 Å². The number of aryl methyl sites for hydroxylation is 1. The predicted molar refractivity (Wildman–Crippen MR) is 98.6 cm³/mol. The Morgan fingerprint density at radius 1 is 1.24 bits per heavy atom. The van der Waals surface area contributed by atoms with E-state index in [1.807, 2.05) is 0 Å². The maximum absolute atomic E-state index is 11.9. The Kier molecular flexibility index (Phi) is 5.30. The molecule has 1 aliphatic rings. The number of carbonyl (C=O) groups is 3. The summed E-state index contributed by atoms with van der Waals surface area (Å²) in [7, 11) is 0. The number of hydrogen-bond donors (Lipinski definition) is 2. The van der Waals surface area contributed by atoms with Crippen LogP contribution in [0.4, 0.5) is 9.93 Å². The van der Waals surface area contributed by atoms with Gasteiger partial charge in [-0.15, -0.1) is 11.3 Å². The largest absolute Gasteiger partial charge is 0.298 e. The molecule has 25 heavy (non-hydrogen) atoms. The number of benzene rings is 1. The van der Waals surface area contributed by atoms with E-state index in [0.29, 0.717) is 16.9 Å². The van der Waals surface area contributed by atoms with Gasteiger partial charge in [-0.3, -0.25) is 25.0 Å². The summed E-state index contributed by atoms with van der Waals surface area (Å²) in [5.41, 5.74) is 2.47. The minimum absolute atomic E-state index is 0.0790. The van der Waals surface area contributed by atoms with Crippen molar-refractivity contribution in [3.8, 4) is 0 Å². The minimum atomic E-state index is -0.555. The van der Waals surface area contributed by atoms with E-state index >= 15 is 0 Å². The van der Waals surface area contributed by atoms with Gasteiger partial charge in [0, 0.05) is 23.6 Å². The molecule has 128 valence electrons. The average Bonchev–Trinajstić information content (AvgIpc) is 3.14. The molecule has 0 spiro atoms. The van der Waals surface area contributed by atoms with Crippen LogP contribution in [0.1, 0.15) is 22.9 Å². The van der Waals surface area contributed by atoms with Crippen molar-refractivity contribution in [1.29, 1.82) is 0 Å². The van der Waals surface area contributed by atoms with E-state index in [9.17, 15) is 14.4 Å². The number of aromatic nitrogens is 1. The molecule has 2 aromatic rings. The highest BCUT2D eigenvalue weighted by molar-refractivity contribution is 8.18. The molecule has 0 unspecified atom stereocenters. The first-order chi connectivity index (χ1) is 12.0. The Bertz CT molecular complexity index is 856. The highest BCUT2D eigenvalue weighted by Crippen LogP contribution is 2.24. The Balaban J connectivity index is 1.61. The first-order valence-electron chi connectivity index (χ1n) is 7.62. The van der Waals surface area contributed by atoms with Crippen molar-refractivity contribution >= 4 is 45.3 Å². The lowest BCUT2D eigenvalue weighted by atomic mass is 10.1. The number of carbonyl (C=O) groups excluding carboxylic acids is 3. The lowest BCUT2D eigenvalue weighted by molar-refractivity contribution is -0.116. The van der Waals surface area contributed by atoms with Gasteiger partial charge >= 0.3 is 0 Å². The highest BCUT2D eigenvalue weighted by atomic mass is 32.2. The lowest BCUT2D eigenvalue weighted by Gasteiger charge is -2.00. The summed E-state index contributed by atoms with van der Waals surface area (Å²) in [4.78, 5) is 39.7.